The first-order chi connectivity index (χ1) is 4.20. The summed E-state index contributed by atoms with van der Waals surface area (Å²) in [6.07, 6.45) is 2.25. The van der Waals surface area contributed by atoms with Gasteiger partial charge in [-0.2, -0.15) is 0 Å². The maximum atomic E-state index is 10.6. The molecule has 0 saturated carbocycles. The molecule has 1 rings (SSSR count). The molecule has 0 aliphatic heterocycles. The van der Waals surface area contributed by atoms with E-state index in [0.29, 0.717) is 12.8 Å². The van der Waals surface area contributed by atoms with Gasteiger partial charge in [0.2, 0.25) is 0 Å². The second kappa shape index (κ2) is 2.31. The summed E-state index contributed by atoms with van der Waals surface area (Å²) in [5.41, 5.74) is 0.797. The maximum absolute atomic E-state index is 10.6. The van der Waals surface area contributed by atoms with Crippen molar-refractivity contribution >= 4 is 5.78 Å². The van der Waals surface area contributed by atoms with Gasteiger partial charge in [-0.05, 0) is 25.0 Å². The zero-order chi connectivity index (χ0) is 6.85. The fourth-order valence-corrected chi connectivity index (χ4v) is 0.929. The number of hydrogen-bond acceptors (Lipinski definition) is 2. The largest absolute Gasteiger partial charge is 0.389 e. The van der Waals surface area contributed by atoms with Gasteiger partial charge in [0.15, 0.2) is 5.78 Å². The topological polar surface area (TPSA) is 37.3 Å². The normalized spacial score (nSPS) is 28.0. The van der Waals surface area contributed by atoms with Crippen molar-refractivity contribution in [1.29, 1.82) is 0 Å². The Labute approximate surface area is 54.2 Å². The number of allylic oxidation sites excluding steroid dienone is 1. The van der Waals surface area contributed by atoms with Gasteiger partial charge in [-0.3, -0.25) is 4.79 Å². The van der Waals surface area contributed by atoms with E-state index in [4.69, 9.17) is 5.11 Å². The average molecular weight is 126 g/mol. The lowest BCUT2D eigenvalue weighted by atomic mass is 9.97. The third kappa shape index (κ3) is 1.39. The highest BCUT2D eigenvalue weighted by atomic mass is 16.3. The van der Waals surface area contributed by atoms with Crippen molar-refractivity contribution in [3.05, 3.63) is 11.6 Å². The van der Waals surface area contributed by atoms with Gasteiger partial charge < -0.3 is 5.11 Å². The molecule has 0 amide bonds. The van der Waals surface area contributed by atoms with Crippen LogP contribution in [0.15, 0.2) is 11.6 Å². The SMILES string of the molecule is CC1=CC(=O)CCC1O. The van der Waals surface area contributed by atoms with Gasteiger partial charge in [0.25, 0.3) is 0 Å². The summed E-state index contributed by atoms with van der Waals surface area (Å²) >= 11 is 0. The van der Waals surface area contributed by atoms with E-state index in [1.165, 1.54) is 6.08 Å². The molecular weight excluding hydrogens is 116 g/mol. The molecule has 0 radical (unpaired) electrons. The summed E-state index contributed by atoms with van der Waals surface area (Å²) in [5, 5.41) is 9.07. The van der Waals surface area contributed by atoms with Crippen molar-refractivity contribution in [3.8, 4) is 0 Å². The molecule has 1 aliphatic carbocycles. The Hall–Kier alpha value is -0.630. The molecule has 1 atom stereocenters. The van der Waals surface area contributed by atoms with Crippen molar-refractivity contribution in [1.82, 2.24) is 0 Å². The molecule has 1 aliphatic rings. The zero-order valence-electron chi connectivity index (χ0n) is 5.42. The Balaban J connectivity index is 2.72. The summed E-state index contributed by atoms with van der Waals surface area (Å²) in [4.78, 5) is 10.6. The number of rotatable bonds is 0. The molecule has 0 aromatic heterocycles. The predicted molar refractivity (Wildman–Crippen MR) is 34.0 cm³/mol. The van der Waals surface area contributed by atoms with Gasteiger partial charge in [0.1, 0.15) is 0 Å². The Bertz CT molecular complexity index is 158. The molecule has 2 heteroatoms. The predicted octanol–water partition coefficient (Wildman–Crippen LogP) is 0.657. The lowest BCUT2D eigenvalue weighted by Crippen LogP contribution is -2.16. The van der Waals surface area contributed by atoms with E-state index in [1.54, 1.807) is 6.92 Å². The van der Waals surface area contributed by atoms with Crippen LogP contribution in [0.25, 0.3) is 0 Å². The highest BCUT2D eigenvalue weighted by Gasteiger charge is 2.14. The van der Waals surface area contributed by atoms with E-state index < -0.39 is 0 Å². The smallest absolute Gasteiger partial charge is 0.155 e. The molecule has 0 saturated heterocycles. The van der Waals surface area contributed by atoms with Gasteiger partial charge in [0.05, 0.1) is 6.10 Å². The molecule has 0 heterocycles. The molecule has 0 bridgehead atoms. The fraction of sp³-hybridized carbons (Fsp3) is 0.571. The highest BCUT2D eigenvalue weighted by molar-refractivity contribution is 5.91. The van der Waals surface area contributed by atoms with E-state index in [-0.39, 0.29) is 11.9 Å². The molecule has 1 N–H and O–H groups in total. The van der Waals surface area contributed by atoms with Crippen LogP contribution in [0.1, 0.15) is 19.8 Å². The first-order valence-corrected chi connectivity index (χ1v) is 3.09. The van der Waals surface area contributed by atoms with Crippen LogP contribution in [0, 0.1) is 0 Å². The second-order valence-corrected chi connectivity index (χ2v) is 2.41. The molecule has 0 aromatic rings. The third-order valence-corrected chi connectivity index (χ3v) is 1.58. The van der Waals surface area contributed by atoms with Gasteiger partial charge >= 0.3 is 0 Å². The minimum Gasteiger partial charge on any atom is -0.389 e. The number of ketones is 1. The molecule has 0 aromatic carbocycles. The standard InChI is InChI=1S/C7H10O2/c1-5-4-6(8)2-3-7(5)9/h4,7,9H,2-3H2,1H3. The van der Waals surface area contributed by atoms with Crippen LogP contribution in [0.4, 0.5) is 0 Å². The number of carbonyl (C=O) groups is 1. The quantitative estimate of drug-likeness (QED) is 0.517. The van der Waals surface area contributed by atoms with Crippen LogP contribution >= 0.6 is 0 Å². The second-order valence-electron chi connectivity index (χ2n) is 2.41. The Morgan fingerprint density at radius 2 is 2.44 bits per heavy atom. The lowest BCUT2D eigenvalue weighted by molar-refractivity contribution is -0.115. The molecule has 50 valence electrons. The Morgan fingerprint density at radius 1 is 1.78 bits per heavy atom. The first-order valence-electron chi connectivity index (χ1n) is 3.09. The Kier molecular flexibility index (Phi) is 1.67. The van der Waals surface area contributed by atoms with Crippen LogP contribution in [0.2, 0.25) is 0 Å². The summed E-state index contributed by atoms with van der Waals surface area (Å²) in [7, 11) is 0. The average Bonchev–Trinajstić information content (AvgIpc) is 1.80. The van der Waals surface area contributed by atoms with Gasteiger partial charge in [-0.15, -0.1) is 0 Å². The highest BCUT2D eigenvalue weighted by Crippen LogP contribution is 2.14. The summed E-state index contributed by atoms with van der Waals surface area (Å²) < 4.78 is 0. The summed E-state index contributed by atoms with van der Waals surface area (Å²) in [5.74, 6) is 0.137. The Morgan fingerprint density at radius 3 is 2.89 bits per heavy atom. The zero-order valence-corrected chi connectivity index (χ0v) is 5.42. The van der Waals surface area contributed by atoms with Crippen molar-refractivity contribution in [2.24, 2.45) is 0 Å². The monoisotopic (exact) mass is 126 g/mol. The molecule has 2 nitrogen and oxygen atoms in total. The first kappa shape index (κ1) is 6.49. The van der Waals surface area contributed by atoms with Crippen molar-refractivity contribution in [3.63, 3.8) is 0 Å². The fourth-order valence-electron chi connectivity index (χ4n) is 0.929. The minimum atomic E-state index is -0.373. The molecular formula is C7H10O2. The maximum Gasteiger partial charge on any atom is 0.155 e. The van der Waals surface area contributed by atoms with Crippen LogP contribution < -0.4 is 0 Å². The number of aliphatic hydroxyl groups is 1. The van der Waals surface area contributed by atoms with Crippen LogP contribution in [0.3, 0.4) is 0 Å². The molecule has 0 spiro atoms. The van der Waals surface area contributed by atoms with E-state index >= 15 is 0 Å². The van der Waals surface area contributed by atoms with Gasteiger partial charge in [-0.25, -0.2) is 0 Å². The molecule has 9 heavy (non-hydrogen) atoms. The van der Waals surface area contributed by atoms with E-state index in [1.807, 2.05) is 0 Å². The molecule has 1 unspecified atom stereocenters. The number of hydrogen-bond donors (Lipinski definition) is 1. The number of carbonyl (C=O) groups excluding carboxylic acids is 1. The van der Waals surface area contributed by atoms with Gasteiger partial charge in [-0.1, -0.05) is 0 Å². The van der Waals surface area contributed by atoms with Crippen molar-refractivity contribution in [2.75, 3.05) is 0 Å². The summed E-state index contributed by atoms with van der Waals surface area (Å²) in [6, 6.07) is 0. The van der Waals surface area contributed by atoms with Crippen molar-refractivity contribution < 1.29 is 9.90 Å². The van der Waals surface area contributed by atoms with E-state index in [0.717, 1.165) is 5.57 Å². The van der Waals surface area contributed by atoms with Crippen LogP contribution in [-0.2, 0) is 4.79 Å². The van der Waals surface area contributed by atoms with Crippen LogP contribution in [0.5, 0.6) is 0 Å². The third-order valence-electron chi connectivity index (χ3n) is 1.58. The van der Waals surface area contributed by atoms with Gasteiger partial charge in [0, 0.05) is 6.42 Å². The number of aliphatic hydroxyl groups excluding tert-OH is 1. The van der Waals surface area contributed by atoms with Crippen molar-refractivity contribution in [2.45, 2.75) is 25.9 Å². The minimum absolute atomic E-state index is 0.137. The van der Waals surface area contributed by atoms with E-state index in [9.17, 15) is 4.79 Å². The van der Waals surface area contributed by atoms with Crippen LogP contribution in [-0.4, -0.2) is 17.0 Å². The summed E-state index contributed by atoms with van der Waals surface area (Å²) in [6.45, 7) is 1.78. The lowest BCUT2D eigenvalue weighted by Gasteiger charge is -2.14. The van der Waals surface area contributed by atoms with E-state index in [2.05, 4.69) is 0 Å². The molecule has 0 fully saturated rings.